The van der Waals surface area contributed by atoms with Gasteiger partial charge >= 0.3 is 0 Å². The van der Waals surface area contributed by atoms with Crippen LogP contribution >= 0.6 is 0 Å². The van der Waals surface area contributed by atoms with E-state index in [1.54, 1.807) is 18.2 Å². The molecule has 2 aromatic rings. The van der Waals surface area contributed by atoms with Crippen LogP contribution in [0.25, 0.3) is 0 Å². The molecule has 21 heavy (non-hydrogen) atoms. The minimum absolute atomic E-state index is 0.0748. The lowest BCUT2D eigenvalue weighted by atomic mass is 10.2. The molecule has 0 saturated heterocycles. The number of phenols is 1. The second-order valence-corrected chi connectivity index (χ2v) is 6.09. The SMILES string of the molecule is COc1ccc(/C=N\S(=O)(=O)c2ccc(C)cc2)cc1O. The lowest BCUT2D eigenvalue weighted by molar-refractivity contribution is 0.373. The molecule has 0 radical (unpaired) electrons. The third kappa shape index (κ3) is 3.61. The minimum atomic E-state index is -3.75. The Morgan fingerprint density at radius 3 is 2.38 bits per heavy atom. The molecule has 0 aliphatic heterocycles. The zero-order valence-electron chi connectivity index (χ0n) is 11.6. The molecule has 0 atom stereocenters. The predicted octanol–water partition coefficient (Wildman–Crippen LogP) is 2.52. The van der Waals surface area contributed by atoms with Crippen LogP contribution in [0, 0.1) is 6.92 Å². The summed E-state index contributed by atoms with van der Waals surface area (Å²) >= 11 is 0. The summed E-state index contributed by atoms with van der Waals surface area (Å²) in [7, 11) is -2.31. The average Bonchev–Trinajstić information content (AvgIpc) is 2.46. The number of nitrogens with zero attached hydrogens (tertiary/aromatic N) is 1. The Morgan fingerprint density at radius 1 is 1.14 bits per heavy atom. The van der Waals surface area contributed by atoms with E-state index in [9.17, 15) is 13.5 Å². The highest BCUT2D eigenvalue weighted by atomic mass is 32.2. The Balaban J connectivity index is 2.27. The maximum Gasteiger partial charge on any atom is 0.282 e. The molecule has 110 valence electrons. The van der Waals surface area contributed by atoms with Gasteiger partial charge in [0.25, 0.3) is 10.0 Å². The van der Waals surface area contributed by atoms with Gasteiger partial charge in [-0.05, 0) is 42.8 Å². The number of methoxy groups -OCH3 is 1. The van der Waals surface area contributed by atoms with Crippen LogP contribution in [0.5, 0.6) is 11.5 Å². The molecule has 0 amide bonds. The first-order valence-corrected chi connectivity index (χ1v) is 7.60. The first kappa shape index (κ1) is 15.1. The van der Waals surface area contributed by atoms with Gasteiger partial charge in [-0.3, -0.25) is 0 Å². The van der Waals surface area contributed by atoms with Crippen molar-refractivity contribution in [3.63, 3.8) is 0 Å². The van der Waals surface area contributed by atoms with Crippen LogP contribution in [0.15, 0.2) is 51.8 Å². The van der Waals surface area contributed by atoms with Crippen molar-refractivity contribution >= 4 is 16.2 Å². The van der Waals surface area contributed by atoms with Gasteiger partial charge in [-0.2, -0.15) is 12.8 Å². The highest BCUT2D eigenvalue weighted by Gasteiger charge is 2.11. The van der Waals surface area contributed by atoms with E-state index in [4.69, 9.17) is 4.74 Å². The zero-order chi connectivity index (χ0) is 15.5. The first-order chi connectivity index (χ1) is 9.92. The molecule has 0 bridgehead atoms. The van der Waals surface area contributed by atoms with Crippen molar-refractivity contribution < 1.29 is 18.3 Å². The number of aromatic hydroxyl groups is 1. The average molecular weight is 305 g/mol. The summed E-state index contributed by atoms with van der Waals surface area (Å²) in [5.74, 6) is 0.239. The number of phenolic OH excluding ortho intramolecular Hbond substituents is 1. The second kappa shape index (κ2) is 5.97. The van der Waals surface area contributed by atoms with E-state index in [1.807, 2.05) is 6.92 Å². The summed E-state index contributed by atoms with van der Waals surface area (Å²) in [4.78, 5) is 0.127. The quantitative estimate of drug-likeness (QED) is 0.881. The van der Waals surface area contributed by atoms with Crippen LogP contribution in [-0.4, -0.2) is 26.8 Å². The molecule has 2 rings (SSSR count). The molecule has 0 aliphatic rings. The molecule has 0 heterocycles. The Kier molecular flexibility index (Phi) is 4.28. The van der Waals surface area contributed by atoms with Crippen LogP contribution in [0.4, 0.5) is 0 Å². The number of benzene rings is 2. The van der Waals surface area contributed by atoms with Gasteiger partial charge in [0.2, 0.25) is 0 Å². The minimum Gasteiger partial charge on any atom is -0.504 e. The van der Waals surface area contributed by atoms with Crippen molar-refractivity contribution in [3.05, 3.63) is 53.6 Å². The lowest BCUT2D eigenvalue weighted by Crippen LogP contribution is -1.98. The normalized spacial score (nSPS) is 11.7. The van der Waals surface area contributed by atoms with Gasteiger partial charge in [0.1, 0.15) is 0 Å². The molecular weight excluding hydrogens is 290 g/mol. The van der Waals surface area contributed by atoms with Crippen molar-refractivity contribution in [1.82, 2.24) is 0 Å². The fourth-order valence-corrected chi connectivity index (χ4v) is 2.55. The molecule has 0 unspecified atom stereocenters. The van der Waals surface area contributed by atoms with Crippen molar-refractivity contribution in [2.24, 2.45) is 4.40 Å². The van der Waals surface area contributed by atoms with E-state index < -0.39 is 10.0 Å². The van der Waals surface area contributed by atoms with Gasteiger partial charge in [0.15, 0.2) is 11.5 Å². The van der Waals surface area contributed by atoms with E-state index in [0.717, 1.165) is 5.56 Å². The molecule has 0 aliphatic carbocycles. The number of sulfonamides is 1. The van der Waals surface area contributed by atoms with Gasteiger partial charge < -0.3 is 9.84 Å². The Hall–Kier alpha value is -2.34. The number of hydrogen-bond donors (Lipinski definition) is 1. The predicted molar refractivity (Wildman–Crippen MR) is 80.6 cm³/mol. The number of ether oxygens (including phenoxy) is 1. The Bertz CT molecular complexity index is 765. The standard InChI is InChI=1S/C15H15NO4S/c1-11-3-6-13(7-4-11)21(18,19)16-10-12-5-8-15(20-2)14(17)9-12/h3-10,17H,1-2H3/b16-10-. The van der Waals surface area contributed by atoms with Gasteiger partial charge in [-0.15, -0.1) is 0 Å². The maximum atomic E-state index is 12.0. The van der Waals surface area contributed by atoms with Gasteiger partial charge in [0.05, 0.1) is 12.0 Å². The lowest BCUT2D eigenvalue weighted by Gasteiger charge is -2.03. The van der Waals surface area contributed by atoms with E-state index >= 15 is 0 Å². The summed E-state index contributed by atoms with van der Waals surface area (Å²) in [5, 5.41) is 9.63. The van der Waals surface area contributed by atoms with Gasteiger partial charge in [0, 0.05) is 6.21 Å². The first-order valence-electron chi connectivity index (χ1n) is 6.16. The van der Waals surface area contributed by atoms with E-state index in [-0.39, 0.29) is 10.6 Å². The smallest absolute Gasteiger partial charge is 0.282 e. The van der Waals surface area contributed by atoms with E-state index in [0.29, 0.717) is 11.3 Å². The van der Waals surface area contributed by atoms with Gasteiger partial charge in [-0.1, -0.05) is 17.7 Å². The van der Waals surface area contributed by atoms with Gasteiger partial charge in [-0.25, -0.2) is 0 Å². The van der Waals surface area contributed by atoms with Crippen LogP contribution in [0.2, 0.25) is 0 Å². The summed E-state index contributed by atoms with van der Waals surface area (Å²) in [6.07, 6.45) is 1.19. The van der Waals surface area contributed by atoms with Crippen molar-refractivity contribution in [2.45, 2.75) is 11.8 Å². The van der Waals surface area contributed by atoms with Crippen molar-refractivity contribution in [2.75, 3.05) is 7.11 Å². The topological polar surface area (TPSA) is 76.0 Å². The largest absolute Gasteiger partial charge is 0.504 e. The molecule has 2 aromatic carbocycles. The molecule has 0 fully saturated rings. The Morgan fingerprint density at radius 2 is 1.81 bits per heavy atom. The summed E-state index contributed by atoms with van der Waals surface area (Å²) in [6, 6.07) is 11.0. The monoisotopic (exact) mass is 305 g/mol. The van der Waals surface area contributed by atoms with Crippen LogP contribution in [-0.2, 0) is 10.0 Å². The molecule has 5 nitrogen and oxygen atoms in total. The molecular formula is C15H15NO4S. The molecule has 6 heteroatoms. The maximum absolute atomic E-state index is 12.0. The summed E-state index contributed by atoms with van der Waals surface area (Å²) < 4.78 is 32.6. The van der Waals surface area contributed by atoms with Crippen molar-refractivity contribution in [3.8, 4) is 11.5 Å². The molecule has 0 saturated carbocycles. The van der Waals surface area contributed by atoms with Crippen molar-refractivity contribution in [1.29, 1.82) is 0 Å². The fraction of sp³-hybridized carbons (Fsp3) is 0.133. The fourth-order valence-electron chi connectivity index (χ4n) is 1.69. The third-order valence-corrected chi connectivity index (χ3v) is 4.11. The Labute approximate surface area is 123 Å². The van der Waals surface area contributed by atoms with Crippen LogP contribution < -0.4 is 4.74 Å². The van der Waals surface area contributed by atoms with Crippen LogP contribution in [0.3, 0.4) is 0 Å². The number of hydrogen-bond acceptors (Lipinski definition) is 4. The number of rotatable bonds is 4. The van der Waals surface area contributed by atoms with E-state index in [1.165, 1.54) is 37.6 Å². The zero-order valence-corrected chi connectivity index (χ0v) is 12.5. The van der Waals surface area contributed by atoms with Crippen LogP contribution in [0.1, 0.15) is 11.1 Å². The molecule has 1 N–H and O–H groups in total. The summed E-state index contributed by atoms with van der Waals surface area (Å²) in [6.45, 7) is 1.87. The summed E-state index contributed by atoms with van der Waals surface area (Å²) in [5.41, 5.74) is 1.43. The second-order valence-electron chi connectivity index (χ2n) is 4.45. The molecule has 0 aromatic heterocycles. The number of aryl methyl sites for hydroxylation is 1. The highest BCUT2D eigenvalue weighted by Crippen LogP contribution is 2.25. The third-order valence-electron chi connectivity index (χ3n) is 2.86. The molecule has 0 spiro atoms. The van der Waals surface area contributed by atoms with E-state index in [2.05, 4.69) is 4.40 Å². The highest BCUT2D eigenvalue weighted by molar-refractivity contribution is 7.90.